The Morgan fingerprint density at radius 2 is 1.84 bits per heavy atom. The molecule has 2 aromatic rings. The third-order valence-corrected chi connectivity index (χ3v) is 5.53. The van der Waals surface area contributed by atoms with Gasteiger partial charge in [0.05, 0.1) is 26.8 Å². The number of hydrogen-bond donors (Lipinski definition) is 1. The monoisotopic (exact) mass is 382 g/mol. The van der Waals surface area contributed by atoms with Crippen LogP contribution in [-0.2, 0) is 14.6 Å². The molecule has 0 saturated heterocycles. The van der Waals surface area contributed by atoms with Crippen LogP contribution in [0, 0.1) is 17.0 Å². The Kier molecular flexibility index (Phi) is 5.76. The fourth-order valence-corrected chi connectivity index (χ4v) is 3.52. The van der Waals surface area contributed by atoms with Crippen molar-refractivity contribution >= 4 is 38.7 Å². The maximum absolute atomic E-state index is 12.2. The molecule has 2 aromatic carbocycles. The first-order valence-electron chi connectivity index (χ1n) is 7.23. The highest BCUT2D eigenvalue weighted by Gasteiger charge is 2.18. The molecule has 2 rings (SSSR count). The first-order chi connectivity index (χ1) is 11.7. The zero-order valence-electron chi connectivity index (χ0n) is 13.2. The number of rotatable bonds is 6. The number of sulfone groups is 1. The van der Waals surface area contributed by atoms with E-state index >= 15 is 0 Å². The van der Waals surface area contributed by atoms with Crippen LogP contribution in [0.2, 0.25) is 5.02 Å². The standard InChI is InChI=1S/C16H15ClN2O5S/c1-11-14(3-2-4-15(11)19(21)22)18-16(20)9-10-25(23,24)13-7-5-12(17)6-8-13/h2-8H,9-10H2,1H3,(H,18,20). The summed E-state index contributed by atoms with van der Waals surface area (Å²) in [5, 5.41) is 13.8. The molecule has 1 N–H and O–H groups in total. The van der Waals surface area contributed by atoms with Crippen LogP contribution in [0.15, 0.2) is 47.4 Å². The van der Waals surface area contributed by atoms with Gasteiger partial charge in [0.1, 0.15) is 0 Å². The van der Waals surface area contributed by atoms with Crippen molar-refractivity contribution in [3.8, 4) is 0 Å². The summed E-state index contributed by atoms with van der Waals surface area (Å²) in [5.74, 6) is -0.921. The van der Waals surface area contributed by atoms with Gasteiger partial charge in [-0.05, 0) is 37.3 Å². The average Bonchev–Trinajstić information content (AvgIpc) is 2.55. The lowest BCUT2D eigenvalue weighted by Gasteiger charge is -2.09. The van der Waals surface area contributed by atoms with Gasteiger partial charge in [-0.25, -0.2) is 8.42 Å². The van der Waals surface area contributed by atoms with Crippen LogP contribution in [-0.4, -0.2) is 25.0 Å². The zero-order valence-corrected chi connectivity index (χ0v) is 14.8. The molecule has 1 amide bonds. The van der Waals surface area contributed by atoms with Crippen LogP contribution in [0.5, 0.6) is 0 Å². The second-order valence-corrected chi connectivity index (χ2v) is 7.82. The molecule has 0 saturated carbocycles. The van der Waals surface area contributed by atoms with E-state index in [9.17, 15) is 23.3 Å². The Bertz CT molecular complexity index is 911. The molecule has 0 radical (unpaired) electrons. The van der Waals surface area contributed by atoms with E-state index in [1.807, 2.05) is 0 Å². The number of halogens is 1. The summed E-state index contributed by atoms with van der Waals surface area (Å²) in [4.78, 5) is 22.4. The van der Waals surface area contributed by atoms with E-state index < -0.39 is 20.7 Å². The van der Waals surface area contributed by atoms with Gasteiger partial charge in [-0.2, -0.15) is 0 Å². The fourth-order valence-electron chi connectivity index (χ4n) is 2.16. The first-order valence-corrected chi connectivity index (χ1v) is 9.26. The van der Waals surface area contributed by atoms with Crippen molar-refractivity contribution in [3.63, 3.8) is 0 Å². The van der Waals surface area contributed by atoms with Crippen LogP contribution < -0.4 is 5.32 Å². The molecule has 0 spiro atoms. The van der Waals surface area contributed by atoms with Crippen LogP contribution in [0.25, 0.3) is 0 Å². The van der Waals surface area contributed by atoms with Gasteiger partial charge in [-0.1, -0.05) is 17.7 Å². The number of nitro groups is 1. The zero-order chi connectivity index (χ0) is 18.6. The molecular weight excluding hydrogens is 368 g/mol. The second-order valence-electron chi connectivity index (χ2n) is 5.28. The molecule has 9 heteroatoms. The number of nitrogens with one attached hydrogen (secondary N) is 1. The van der Waals surface area contributed by atoms with Gasteiger partial charge in [0.2, 0.25) is 5.91 Å². The van der Waals surface area contributed by atoms with Gasteiger partial charge in [0.25, 0.3) is 5.69 Å². The number of benzene rings is 2. The van der Waals surface area contributed by atoms with Crippen molar-refractivity contribution in [3.05, 3.63) is 63.2 Å². The van der Waals surface area contributed by atoms with Crippen LogP contribution in [0.3, 0.4) is 0 Å². The lowest BCUT2D eigenvalue weighted by Crippen LogP contribution is -2.18. The summed E-state index contributed by atoms with van der Waals surface area (Å²) in [7, 11) is -3.62. The van der Waals surface area contributed by atoms with E-state index in [-0.39, 0.29) is 28.4 Å². The third kappa shape index (κ3) is 4.77. The van der Waals surface area contributed by atoms with E-state index in [2.05, 4.69) is 5.32 Å². The molecule has 0 aliphatic carbocycles. The van der Waals surface area contributed by atoms with Crippen LogP contribution in [0.1, 0.15) is 12.0 Å². The molecule has 0 fully saturated rings. The first kappa shape index (κ1) is 18.9. The Labute approximate surface area is 149 Å². The summed E-state index contributed by atoms with van der Waals surface area (Å²) in [6.45, 7) is 1.51. The minimum atomic E-state index is -3.62. The van der Waals surface area contributed by atoms with Crippen molar-refractivity contribution in [2.24, 2.45) is 0 Å². The Morgan fingerprint density at radius 3 is 2.44 bits per heavy atom. The highest BCUT2D eigenvalue weighted by atomic mass is 35.5. The highest BCUT2D eigenvalue weighted by molar-refractivity contribution is 7.91. The van der Waals surface area contributed by atoms with E-state index in [4.69, 9.17) is 11.6 Å². The highest BCUT2D eigenvalue weighted by Crippen LogP contribution is 2.25. The number of carbonyl (C=O) groups is 1. The van der Waals surface area contributed by atoms with E-state index in [0.29, 0.717) is 10.6 Å². The molecule has 0 aliphatic rings. The molecule has 0 aliphatic heterocycles. The average molecular weight is 383 g/mol. The number of hydrogen-bond acceptors (Lipinski definition) is 5. The Balaban J connectivity index is 2.05. The van der Waals surface area contributed by atoms with Crippen LogP contribution in [0.4, 0.5) is 11.4 Å². The normalized spacial score (nSPS) is 11.1. The van der Waals surface area contributed by atoms with Gasteiger partial charge in [0, 0.05) is 17.5 Å². The van der Waals surface area contributed by atoms with Crippen LogP contribution >= 0.6 is 11.6 Å². The molecule has 0 bridgehead atoms. The summed E-state index contributed by atoms with van der Waals surface area (Å²) in [6, 6.07) is 9.97. The van der Waals surface area contributed by atoms with Crippen molar-refractivity contribution in [1.82, 2.24) is 0 Å². The lowest BCUT2D eigenvalue weighted by atomic mass is 10.1. The summed E-state index contributed by atoms with van der Waals surface area (Å²) in [5.41, 5.74) is 0.469. The summed E-state index contributed by atoms with van der Waals surface area (Å²) in [6.07, 6.45) is -0.271. The SMILES string of the molecule is Cc1c(NC(=O)CCS(=O)(=O)c2ccc(Cl)cc2)cccc1[N+](=O)[O-]. The number of anilines is 1. The van der Waals surface area contributed by atoms with Crippen molar-refractivity contribution in [2.75, 3.05) is 11.1 Å². The minimum absolute atomic E-state index is 0.0798. The smallest absolute Gasteiger partial charge is 0.274 e. The molecular formula is C16H15ClN2O5S. The number of amides is 1. The van der Waals surface area contributed by atoms with Crippen molar-refractivity contribution in [1.29, 1.82) is 0 Å². The maximum atomic E-state index is 12.2. The number of nitrogens with zero attached hydrogens (tertiary/aromatic N) is 1. The lowest BCUT2D eigenvalue weighted by molar-refractivity contribution is -0.385. The van der Waals surface area contributed by atoms with E-state index in [1.54, 1.807) is 0 Å². The van der Waals surface area contributed by atoms with Gasteiger partial charge >= 0.3 is 0 Å². The Morgan fingerprint density at radius 1 is 1.20 bits per heavy atom. The van der Waals surface area contributed by atoms with Gasteiger partial charge < -0.3 is 5.32 Å². The predicted molar refractivity (Wildman–Crippen MR) is 94.6 cm³/mol. The summed E-state index contributed by atoms with van der Waals surface area (Å²) < 4.78 is 24.4. The second kappa shape index (κ2) is 7.62. The summed E-state index contributed by atoms with van der Waals surface area (Å²) >= 11 is 5.72. The van der Waals surface area contributed by atoms with Gasteiger partial charge in [-0.3, -0.25) is 14.9 Å². The molecule has 0 aromatic heterocycles. The molecule has 0 atom stereocenters. The molecule has 132 valence electrons. The van der Waals surface area contributed by atoms with E-state index in [1.165, 1.54) is 49.4 Å². The van der Waals surface area contributed by atoms with Crippen molar-refractivity contribution < 1.29 is 18.1 Å². The quantitative estimate of drug-likeness (QED) is 0.609. The molecule has 0 heterocycles. The topological polar surface area (TPSA) is 106 Å². The maximum Gasteiger partial charge on any atom is 0.274 e. The Hall–Kier alpha value is -2.45. The fraction of sp³-hybridized carbons (Fsp3) is 0.188. The minimum Gasteiger partial charge on any atom is -0.326 e. The number of carbonyl (C=O) groups excluding carboxylic acids is 1. The molecule has 25 heavy (non-hydrogen) atoms. The largest absolute Gasteiger partial charge is 0.326 e. The number of nitro benzene ring substituents is 1. The van der Waals surface area contributed by atoms with Crippen molar-refractivity contribution in [2.45, 2.75) is 18.2 Å². The van der Waals surface area contributed by atoms with Gasteiger partial charge in [0.15, 0.2) is 9.84 Å². The van der Waals surface area contributed by atoms with Gasteiger partial charge in [-0.15, -0.1) is 0 Å². The molecule has 7 nitrogen and oxygen atoms in total. The predicted octanol–water partition coefficient (Wildman–Crippen LogP) is 3.36. The molecule has 0 unspecified atom stereocenters. The van der Waals surface area contributed by atoms with E-state index in [0.717, 1.165) is 0 Å². The third-order valence-electron chi connectivity index (χ3n) is 3.55.